The van der Waals surface area contributed by atoms with Gasteiger partial charge in [0, 0.05) is 30.7 Å². The van der Waals surface area contributed by atoms with E-state index in [1.807, 2.05) is 0 Å². The molecule has 2 aliphatic rings. The fourth-order valence-corrected chi connectivity index (χ4v) is 3.47. The summed E-state index contributed by atoms with van der Waals surface area (Å²) in [5.74, 6) is -1.26. The van der Waals surface area contributed by atoms with Gasteiger partial charge in [-0.05, 0) is 38.4 Å². The molecule has 0 saturated carbocycles. The van der Waals surface area contributed by atoms with Gasteiger partial charge in [-0.3, -0.25) is 4.90 Å². The number of piperidine rings is 1. The maximum absolute atomic E-state index is 13.5. The Labute approximate surface area is 135 Å². The van der Waals surface area contributed by atoms with Crippen molar-refractivity contribution >= 4 is 6.03 Å². The zero-order chi connectivity index (χ0) is 16.4. The number of rotatable bonds is 3. The molecular formula is C17H23F2N3O. The highest BCUT2D eigenvalue weighted by atomic mass is 19.1. The largest absolute Gasteiger partial charge is 0.334 e. The third-order valence-corrected chi connectivity index (χ3v) is 4.95. The van der Waals surface area contributed by atoms with E-state index in [0.717, 1.165) is 6.54 Å². The highest BCUT2D eigenvalue weighted by Gasteiger charge is 2.37. The summed E-state index contributed by atoms with van der Waals surface area (Å²) in [4.78, 5) is 16.3. The van der Waals surface area contributed by atoms with Crippen LogP contribution in [0.15, 0.2) is 18.2 Å². The van der Waals surface area contributed by atoms with E-state index in [4.69, 9.17) is 0 Å². The fourth-order valence-electron chi connectivity index (χ4n) is 3.47. The van der Waals surface area contributed by atoms with Crippen molar-refractivity contribution in [1.29, 1.82) is 0 Å². The molecule has 2 aliphatic heterocycles. The monoisotopic (exact) mass is 323 g/mol. The van der Waals surface area contributed by atoms with E-state index in [1.165, 1.54) is 37.5 Å². The van der Waals surface area contributed by atoms with E-state index >= 15 is 0 Å². The number of carbonyl (C=O) groups excluding carboxylic acids is 1. The van der Waals surface area contributed by atoms with Crippen molar-refractivity contribution < 1.29 is 13.6 Å². The van der Waals surface area contributed by atoms with Crippen molar-refractivity contribution in [3.63, 3.8) is 0 Å². The SMILES string of the molecule is CC1CCCCN1C1CN(C(=O)NCc2c(F)cccc2F)C1. The summed E-state index contributed by atoms with van der Waals surface area (Å²) in [7, 11) is 0. The van der Waals surface area contributed by atoms with E-state index in [1.54, 1.807) is 4.90 Å². The lowest BCUT2D eigenvalue weighted by Crippen LogP contribution is -2.65. The molecule has 0 spiro atoms. The van der Waals surface area contributed by atoms with Crippen molar-refractivity contribution in [1.82, 2.24) is 15.1 Å². The Balaban J connectivity index is 1.47. The van der Waals surface area contributed by atoms with Crippen molar-refractivity contribution in [2.24, 2.45) is 0 Å². The maximum Gasteiger partial charge on any atom is 0.317 e. The highest BCUT2D eigenvalue weighted by Crippen LogP contribution is 2.24. The van der Waals surface area contributed by atoms with Gasteiger partial charge in [0.1, 0.15) is 11.6 Å². The lowest BCUT2D eigenvalue weighted by molar-refractivity contribution is 0.0168. The molecule has 0 bridgehead atoms. The molecule has 23 heavy (non-hydrogen) atoms. The van der Waals surface area contributed by atoms with E-state index < -0.39 is 11.6 Å². The lowest BCUT2D eigenvalue weighted by atomic mass is 9.98. The van der Waals surface area contributed by atoms with Crippen LogP contribution in [0.3, 0.4) is 0 Å². The number of benzene rings is 1. The zero-order valence-corrected chi connectivity index (χ0v) is 13.4. The van der Waals surface area contributed by atoms with Crippen molar-refractivity contribution in [3.05, 3.63) is 35.4 Å². The van der Waals surface area contributed by atoms with E-state index in [9.17, 15) is 13.6 Å². The minimum Gasteiger partial charge on any atom is -0.334 e. The summed E-state index contributed by atoms with van der Waals surface area (Å²) < 4.78 is 27.1. The van der Waals surface area contributed by atoms with Gasteiger partial charge in [0.05, 0.1) is 6.54 Å². The Morgan fingerprint density at radius 1 is 1.26 bits per heavy atom. The molecule has 2 saturated heterocycles. The first-order valence-electron chi connectivity index (χ1n) is 8.27. The minimum atomic E-state index is -0.631. The predicted octanol–water partition coefficient (Wildman–Crippen LogP) is 2.73. The quantitative estimate of drug-likeness (QED) is 0.928. The average Bonchev–Trinajstić information content (AvgIpc) is 2.47. The van der Waals surface area contributed by atoms with Gasteiger partial charge >= 0.3 is 6.03 Å². The van der Waals surface area contributed by atoms with Crippen LogP contribution in [0.2, 0.25) is 0 Å². The van der Waals surface area contributed by atoms with Gasteiger partial charge in [-0.25, -0.2) is 13.6 Å². The smallest absolute Gasteiger partial charge is 0.317 e. The van der Waals surface area contributed by atoms with Gasteiger partial charge in [0.25, 0.3) is 0 Å². The molecule has 1 unspecified atom stereocenters. The Bertz CT molecular complexity index is 555. The molecule has 1 aromatic rings. The molecule has 2 fully saturated rings. The van der Waals surface area contributed by atoms with Gasteiger partial charge in [-0.1, -0.05) is 12.5 Å². The molecule has 4 nitrogen and oxygen atoms in total. The summed E-state index contributed by atoms with van der Waals surface area (Å²) in [5.41, 5.74) is -0.0948. The summed E-state index contributed by atoms with van der Waals surface area (Å²) in [6.45, 7) is 4.59. The second-order valence-corrected chi connectivity index (χ2v) is 6.50. The zero-order valence-electron chi connectivity index (χ0n) is 13.4. The van der Waals surface area contributed by atoms with Crippen LogP contribution in [-0.2, 0) is 6.54 Å². The van der Waals surface area contributed by atoms with Crippen LogP contribution in [0.1, 0.15) is 31.7 Å². The van der Waals surface area contributed by atoms with E-state index in [0.29, 0.717) is 25.2 Å². The summed E-state index contributed by atoms with van der Waals surface area (Å²) in [6, 6.07) is 4.45. The van der Waals surface area contributed by atoms with Crippen molar-refractivity contribution in [2.45, 2.75) is 44.8 Å². The number of nitrogens with zero attached hydrogens (tertiary/aromatic N) is 2. The number of carbonyl (C=O) groups is 1. The number of nitrogens with one attached hydrogen (secondary N) is 1. The number of hydrogen-bond acceptors (Lipinski definition) is 2. The van der Waals surface area contributed by atoms with E-state index in [-0.39, 0.29) is 18.1 Å². The molecule has 126 valence electrons. The predicted molar refractivity (Wildman–Crippen MR) is 84.0 cm³/mol. The molecule has 2 heterocycles. The van der Waals surface area contributed by atoms with Gasteiger partial charge in [-0.2, -0.15) is 0 Å². The van der Waals surface area contributed by atoms with Gasteiger partial charge in [0.2, 0.25) is 0 Å². The first-order chi connectivity index (χ1) is 11.1. The van der Waals surface area contributed by atoms with Crippen LogP contribution >= 0.6 is 0 Å². The molecule has 1 N–H and O–H groups in total. The number of likely N-dealkylation sites (tertiary alicyclic amines) is 2. The van der Waals surface area contributed by atoms with Crippen molar-refractivity contribution in [3.8, 4) is 0 Å². The standard InChI is InChI=1S/C17H23F2N3O/c1-12-5-2-3-8-22(12)13-10-21(11-13)17(23)20-9-14-15(18)6-4-7-16(14)19/h4,6-7,12-13H,2-3,5,8-11H2,1H3,(H,20,23). The van der Waals surface area contributed by atoms with Crippen LogP contribution < -0.4 is 5.32 Å². The van der Waals surface area contributed by atoms with Gasteiger partial charge in [-0.15, -0.1) is 0 Å². The lowest BCUT2D eigenvalue weighted by Gasteiger charge is -2.49. The molecule has 0 aromatic heterocycles. The van der Waals surface area contributed by atoms with Crippen LogP contribution in [0, 0.1) is 11.6 Å². The van der Waals surface area contributed by atoms with Crippen LogP contribution in [0.4, 0.5) is 13.6 Å². The molecule has 3 rings (SSSR count). The first-order valence-corrected chi connectivity index (χ1v) is 8.27. The van der Waals surface area contributed by atoms with Crippen LogP contribution in [-0.4, -0.2) is 47.5 Å². The van der Waals surface area contributed by atoms with Crippen molar-refractivity contribution in [2.75, 3.05) is 19.6 Å². The topological polar surface area (TPSA) is 35.6 Å². The third kappa shape index (κ3) is 3.47. The second kappa shape index (κ2) is 6.83. The maximum atomic E-state index is 13.5. The summed E-state index contributed by atoms with van der Waals surface area (Å²) in [5, 5.41) is 2.61. The van der Waals surface area contributed by atoms with Gasteiger partial charge < -0.3 is 10.2 Å². The summed E-state index contributed by atoms with van der Waals surface area (Å²) in [6.07, 6.45) is 3.72. The second-order valence-electron chi connectivity index (χ2n) is 6.50. The average molecular weight is 323 g/mol. The summed E-state index contributed by atoms with van der Waals surface area (Å²) >= 11 is 0. The number of amides is 2. The van der Waals surface area contributed by atoms with Gasteiger partial charge in [0.15, 0.2) is 0 Å². The molecule has 1 atom stereocenters. The van der Waals surface area contributed by atoms with E-state index in [2.05, 4.69) is 17.1 Å². The number of urea groups is 1. The fraction of sp³-hybridized carbons (Fsp3) is 0.588. The molecule has 2 amide bonds. The molecule has 6 heteroatoms. The Morgan fingerprint density at radius 2 is 1.96 bits per heavy atom. The molecule has 0 aliphatic carbocycles. The first kappa shape index (κ1) is 16.2. The van der Waals surface area contributed by atoms with Crippen LogP contribution in [0.25, 0.3) is 0 Å². The normalized spacial score (nSPS) is 22.7. The number of hydrogen-bond donors (Lipinski definition) is 1. The molecule has 0 radical (unpaired) electrons. The molecule has 1 aromatic carbocycles. The minimum absolute atomic E-state index is 0.0948. The Morgan fingerprint density at radius 3 is 2.61 bits per heavy atom. The highest BCUT2D eigenvalue weighted by molar-refractivity contribution is 5.75. The third-order valence-electron chi connectivity index (χ3n) is 4.95. The van der Waals surface area contributed by atoms with Crippen LogP contribution in [0.5, 0.6) is 0 Å². The Kier molecular flexibility index (Phi) is 4.80. The molecular weight excluding hydrogens is 300 g/mol. The Hall–Kier alpha value is -1.69. The number of halogens is 2.